The number of rotatable bonds is 4. The molecule has 0 heterocycles. The summed E-state index contributed by atoms with van der Waals surface area (Å²) in [5.74, 6) is 0. The molecule has 0 radical (unpaired) electrons. The molecule has 0 nitrogen and oxygen atoms in total. The van der Waals surface area contributed by atoms with Gasteiger partial charge in [-0.05, 0) is 173 Å². The highest BCUT2D eigenvalue weighted by Crippen LogP contribution is 2.57. The van der Waals surface area contributed by atoms with Crippen LogP contribution in [0, 0.1) is 0 Å². The first kappa shape index (κ1) is 37.0. The van der Waals surface area contributed by atoms with E-state index >= 15 is 0 Å². The molecule has 0 aliphatic heterocycles. The van der Waals surface area contributed by atoms with E-state index in [0.717, 1.165) is 0 Å². The van der Waals surface area contributed by atoms with E-state index in [4.69, 9.17) is 0 Å². The molecular weight excluding hydrogens is 805 g/mol. The maximum atomic E-state index is 2.60. The Bertz CT molecular complexity index is 4100. The molecule has 15 rings (SSSR count). The van der Waals surface area contributed by atoms with E-state index in [1.807, 2.05) is 0 Å². The van der Waals surface area contributed by atoms with E-state index in [1.54, 1.807) is 0 Å². The maximum absolute atomic E-state index is 2.60. The van der Waals surface area contributed by atoms with Crippen molar-refractivity contribution in [3.8, 4) is 100 Å². The van der Waals surface area contributed by atoms with Crippen LogP contribution >= 0.6 is 0 Å². The summed E-state index contributed by atoms with van der Waals surface area (Å²) in [6, 6.07) is 82.7. The molecule has 0 bridgehead atoms. The summed E-state index contributed by atoms with van der Waals surface area (Å²) < 4.78 is 0. The zero-order chi connectivity index (χ0) is 44.1. The van der Waals surface area contributed by atoms with Crippen molar-refractivity contribution >= 4 is 43.1 Å². The zero-order valence-corrected chi connectivity index (χ0v) is 37.3. The molecule has 12 aromatic rings. The summed E-state index contributed by atoms with van der Waals surface area (Å²) in [5, 5.41) is 10.5. The van der Waals surface area contributed by atoms with Crippen molar-refractivity contribution in [2.45, 2.75) is 19.3 Å². The van der Waals surface area contributed by atoms with E-state index in [9.17, 15) is 0 Å². The second kappa shape index (κ2) is 13.4. The Morgan fingerprint density at radius 1 is 0.224 bits per heavy atom. The number of benzene rings is 12. The smallest absolute Gasteiger partial charge is 0.0159 e. The van der Waals surface area contributed by atoms with E-state index in [1.165, 1.54) is 154 Å². The molecule has 0 aromatic heterocycles. The van der Waals surface area contributed by atoms with Crippen molar-refractivity contribution in [1.29, 1.82) is 0 Å². The van der Waals surface area contributed by atoms with Gasteiger partial charge in [0.05, 0.1) is 0 Å². The van der Waals surface area contributed by atoms with Gasteiger partial charge in [-0.3, -0.25) is 0 Å². The molecule has 3 aliphatic carbocycles. The zero-order valence-electron chi connectivity index (χ0n) is 37.3. The lowest BCUT2D eigenvalue weighted by atomic mass is 9.78. The molecule has 12 aromatic carbocycles. The van der Waals surface area contributed by atoms with Crippen molar-refractivity contribution in [2.75, 3.05) is 0 Å². The SMILES string of the molecule is CC1(C)c2cc(-c3ccccc3-c3ccccc3)ccc2-c2cc3c(-c4ccc5c6c(cccc46)-c4ccccc4-5)c4ccccc4c(-c4ccc5c6c(cccc46)-c4ccccc4-5)c3cc21. The Morgan fingerprint density at radius 3 is 1.16 bits per heavy atom. The van der Waals surface area contributed by atoms with Gasteiger partial charge in [-0.25, -0.2) is 0 Å². The lowest BCUT2D eigenvalue weighted by Gasteiger charge is -2.25. The second-order valence-corrected chi connectivity index (χ2v) is 19.4. The molecule has 0 unspecified atom stereocenters. The van der Waals surface area contributed by atoms with Crippen LogP contribution in [0.1, 0.15) is 25.0 Å². The van der Waals surface area contributed by atoms with Gasteiger partial charge in [0, 0.05) is 5.41 Å². The van der Waals surface area contributed by atoms with Crippen LogP contribution in [-0.2, 0) is 5.41 Å². The van der Waals surface area contributed by atoms with Gasteiger partial charge in [0.25, 0.3) is 0 Å². The van der Waals surface area contributed by atoms with E-state index in [0.29, 0.717) is 0 Å². The first-order valence-corrected chi connectivity index (χ1v) is 23.7. The standard InChI is InChI=1S/C67H42/c1-67(2)61-36-40(42-19-7-6-18-41(42)39-16-4-3-5-17-39)30-31-47(61)58-37-59-60(38-62(58)67)66(57-35-33-55-46-23-11-9-21-44(46)49-27-15-29-53(57)64(49)55)51-25-13-12-24-50(51)65(59)56-34-32-54-45-22-10-8-20-43(45)48-26-14-28-52(56)63(48)54/h3-38H,1-2H3. The predicted molar refractivity (Wildman–Crippen MR) is 285 cm³/mol. The second-order valence-electron chi connectivity index (χ2n) is 19.4. The van der Waals surface area contributed by atoms with Crippen LogP contribution in [0.5, 0.6) is 0 Å². The van der Waals surface area contributed by atoms with Crippen LogP contribution < -0.4 is 0 Å². The molecule has 0 saturated carbocycles. The van der Waals surface area contributed by atoms with Gasteiger partial charge in [-0.15, -0.1) is 0 Å². The molecular formula is C67H42. The lowest BCUT2D eigenvalue weighted by molar-refractivity contribution is 0.661. The third-order valence-corrected chi connectivity index (χ3v) is 15.8. The molecule has 67 heavy (non-hydrogen) atoms. The Kier molecular flexibility index (Phi) is 7.38. The van der Waals surface area contributed by atoms with Crippen molar-refractivity contribution in [3.63, 3.8) is 0 Å². The Labute approximate surface area is 390 Å². The van der Waals surface area contributed by atoms with Gasteiger partial charge in [0.1, 0.15) is 0 Å². The van der Waals surface area contributed by atoms with Gasteiger partial charge in [0.2, 0.25) is 0 Å². The summed E-state index contributed by atoms with van der Waals surface area (Å²) in [7, 11) is 0. The van der Waals surface area contributed by atoms with E-state index in [-0.39, 0.29) is 5.41 Å². The van der Waals surface area contributed by atoms with Crippen LogP contribution in [-0.4, -0.2) is 0 Å². The fraction of sp³-hybridized carbons (Fsp3) is 0.0448. The molecule has 0 heteroatoms. The number of hydrogen-bond acceptors (Lipinski definition) is 0. The summed E-state index contributed by atoms with van der Waals surface area (Å²) in [5.41, 5.74) is 25.9. The molecule has 3 aliphatic rings. The Hall–Kier alpha value is -8.32. The van der Waals surface area contributed by atoms with Crippen molar-refractivity contribution < 1.29 is 0 Å². The molecule has 0 fully saturated rings. The van der Waals surface area contributed by atoms with Crippen LogP contribution in [0.2, 0.25) is 0 Å². The molecule has 0 N–H and O–H groups in total. The maximum Gasteiger partial charge on any atom is 0.0159 e. The van der Waals surface area contributed by atoms with Gasteiger partial charge < -0.3 is 0 Å². The minimum atomic E-state index is -0.253. The minimum Gasteiger partial charge on any atom is -0.0622 e. The van der Waals surface area contributed by atoms with Crippen molar-refractivity contribution in [1.82, 2.24) is 0 Å². The highest BCUT2D eigenvalue weighted by Gasteiger charge is 2.37. The van der Waals surface area contributed by atoms with Crippen molar-refractivity contribution in [3.05, 3.63) is 230 Å². The third-order valence-electron chi connectivity index (χ3n) is 15.8. The van der Waals surface area contributed by atoms with E-state index in [2.05, 4.69) is 232 Å². The quantitative estimate of drug-likeness (QED) is 0.155. The monoisotopic (exact) mass is 846 g/mol. The summed E-state index contributed by atoms with van der Waals surface area (Å²) >= 11 is 0. The molecule has 0 amide bonds. The first-order valence-electron chi connectivity index (χ1n) is 23.7. The van der Waals surface area contributed by atoms with Crippen molar-refractivity contribution in [2.24, 2.45) is 0 Å². The van der Waals surface area contributed by atoms with Crippen LogP contribution in [0.25, 0.3) is 143 Å². The third kappa shape index (κ3) is 4.92. The normalized spacial score (nSPS) is 13.3. The molecule has 0 saturated heterocycles. The largest absolute Gasteiger partial charge is 0.0622 e. The molecule has 0 atom stereocenters. The van der Waals surface area contributed by atoms with Crippen LogP contribution in [0.3, 0.4) is 0 Å². The minimum absolute atomic E-state index is 0.253. The van der Waals surface area contributed by atoms with E-state index < -0.39 is 0 Å². The molecule has 310 valence electrons. The predicted octanol–water partition coefficient (Wildman–Crippen LogP) is 18.6. The number of hydrogen-bond donors (Lipinski definition) is 0. The Balaban J connectivity index is 1.04. The van der Waals surface area contributed by atoms with Gasteiger partial charge in [-0.1, -0.05) is 214 Å². The topological polar surface area (TPSA) is 0 Å². The van der Waals surface area contributed by atoms with Gasteiger partial charge in [-0.2, -0.15) is 0 Å². The fourth-order valence-electron chi connectivity index (χ4n) is 12.8. The highest BCUT2D eigenvalue weighted by atomic mass is 14.4. The first-order chi connectivity index (χ1) is 33.0. The fourth-order valence-corrected chi connectivity index (χ4v) is 12.8. The number of fused-ring (bicyclic) bond motifs is 11. The van der Waals surface area contributed by atoms with Crippen LogP contribution in [0.4, 0.5) is 0 Å². The summed E-state index contributed by atoms with van der Waals surface area (Å²) in [6.45, 7) is 4.88. The molecule has 0 spiro atoms. The summed E-state index contributed by atoms with van der Waals surface area (Å²) in [6.07, 6.45) is 0. The average molecular weight is 847 g/mol. The average Bonchev–Trinajstić information content (AvgIpc) is 3.97. The van der Waals surface area contributed by atoms with Gasteiger partial charge in [0.15, 0.2) is 0 Å². The summed E-state index contributed by atoms with van der Waals surface area (Å²) in [4.78, 5) is 0. The van der Waals surface area contributed by atoms with Gasteiger partial charge >= 0.3 is 0 Å². The Morgan fingerprint density at radius 2 is 0.612 bits per heavy atom. The highest BCUT2D eigenvalue weighted by molar-refractivity contribution is 6.29. The van der Waals surface area contributed by atoms with Crippen LogP contribution in [0.15, 0.2) is 218 Å². The lowest BCUT2D eigenvalue weighted by Crippen LogP contribution is -2.15.